The zero-order chi connectivity index (χ0) is 13.3. The van der Waals surface area contributed by atoms with Crippen molar-refractivity contribution in [3.8, 4) is 0 Å². The molecule has 0 aliphatic carbocycles. The number of hydrogen-bond acceptors (Lipinski definition) is 5. The summed E-state index contributed by atoms with van der Waals surface area (Å²) < 4.78 is 0. The van der Waals surface area contributed by atoms with E-state index in [2.05, 4.69) is 19.9 Å². The molecule has 96 valence electrons. The standard InChI is InChI=1S/C11H14N4O2S/c1-11(2,3)6(16)4-18-10-14-8-7(9(17)15-10)12-5-13-8/h5H,4H2,1-3H3,(H2,12,13,14,15,17). The van der Waals surface area contributed by atoms with Crippen LogP contribution < -0.4 is 5.56 Å². The Bertz CT molecular complexity index is 638. The number of nitrogens with zero attached hydrogens (tertiary/aromatic N) is 2. The van der Waals surface area contributed by atoms with Crippen molar-refractivity contribution in [3.63, 3.8) is 0 Å². The normalized spacial score (nSPS) is 11.9. The van der Waals surface area contributed by atoms with E-state index < -0.39 is 0 Å². The first-order chi connectivity index (χ1) is 8.38. The Morgan fingerprint density at radius 1 is 1.44 bits per heavy atom. The zero-order valence-electron chi connectivity index (χ0n) is 10.4. The van der Waals surface area contributed by atoms with E-state index in [-0.39, 0.29) is 22.5 Å². The number of aromatic amines is 2. The van der Waals surface area contributed by atoms with Gasteiger partial charge in [0.25, 0.3) is 5.56 Å². The topological polar surface area (TPSA) is 91.5 Å². The molecule has 7 heteroatoms. The van der Waals surface area contributed by atoms with Crippen LogP contribution in [0.25, 0.3) is 11.2 Å². The van der Waals surface area contributed by atoms with Crippen molar-refractivity contribution in [1.82, 2.24) is 19.9 Å². The summed E-state index contributed by atoms with van der Waals surface area (Å²) in [6.07, 6.45) is 1.42. The van der Waals surface area contributed by atoms with E-state index in [0.717, 1.165) is 0 Å². The van der Waals surface area contributed by atoms with Crippen LogP contribution in [0.5, 0.6) is 0 Å². The summed E-state index contributed by atoms with van der Waals surface area (Å²) in [5.74, 6) is 0.389. The first-order valence-corrected chi connectivity index (χ1v) is 6.46. The highest BCUT2D eigenvalue weighted by atomic mass is 32.2. The van der Waals surface area contributed by atoms with Gasteiger partial charge in [-0.25, -0.2) is 9.97 Å². The minimum atomic E-state index is -0.385. The van der Waals surface area contributed by atoms with E-state index in [9.17, 15) is 9.59 Å². The maximum Gasteiger partial charge on any atom is 0.277 e. The number of ketones is 1. The smallest absolute Gasteiger partial charge is 0.277 e. The third kappa shape index (κ3) is 2.61. The van der Waals surface area contributed by atoms with Gasteiger partial charge in [0.2, 0.25) is 0 Å². The van der Waals surface area contributed by atoms with Crippen molar-refractivity contribution in [3.05, 3.63) is 16.7 Å². The second-order valence-electron chi connectivity index (χ2n) is 4.93. The lowest BCUT2D eigenvalue weighted by molar-refractivity contribution is -0.123. The van der Waals surface area contributed by atoms with Gasteiger partial charge in [-0.05, 0) is 0 Å². The van der Waals surface area contributed by atoms with Gasteiger partial charge in [0.15, 0.2) is 16.3 Å². The molecule has 18 heavy (non-hydrogen) atoms. The molecule has 0 bridgehead atoms. The monoisotopic (exact) mass is 266 g/mol. The Morgan fingerprint density at radius 2 is 2.17 bits per heavy atom. The third-order valence-electron chi connectivity index (χ3n) is 2.45. The molecule has 0 spiro atoms. The molecule has 0 aliphatic heterocycles. The molecule has 0 atom stereocenters. The molecule has 0 fully saturated rings. The highest BCUT2D eigenvalue weighted by molar-refractivity contribution is 7.99. The number of carbonyl (C=O) groups is 1. The summed E-state index contributed by atoms with van der Waals surface area (Å²) >= 11 is 1.22. The van der Waals surface area contributed by atoms with E-state index in [4.69, 9.17) is 0 Å². The molecular weight excluding hydrogens is 252 g/mol. The molecule has 0 aromatic carbocycles. The van der Waals surface area contributed by atoms with Gasteiger partial charge in [0.05, 0.1) is 12.1 Å². The maximum atomic E-state index is 11.8. The van der Waals surface area contributed by atoms with Gasteiger partial charge >= 0.3 is 0 Å². The number of thioether (sulfide) groups is 1. The Balaban J connectivity index is 2.18. The van der Waals surface area contributed by atoms with Crippen LogP contribution in [0, 0.1) is 5.41 Å². The minimum absolute atomic E-state index is 0.109. The molecular formula is C11H14N4O2S. The second kappa shape index (κ2) is 4.56. The number of carbonyl (C=O) groups excluding carboxylic acids is 1. The highest BCUT2D eigenvalue weighted by Crippen LogP contribution is 2.20. The summed E-state index contributed by atoms with van der Waals surface area (Å²) in [5, 5.41) is 0.414. The number of Topliss-reactive ketones (excluding diaryl/α,β-unsaturated/α-hetero) is 1. The molecule has 0 saturated carbocycles. The molecule has 2 aromatic rings. The zero-order valence-corrected chi connectivity index (χ0v) is 11.2. The van der Waals surface area contributed by atoms with Gasteiger partial charge in [0.1, 0.15) is 5.78 Å². The summed E-state index contributed by atoms with van der Waals surface area (Å²) in [7, 11) is 0. The van der Waals surface area contributed by atoms with Crippen molar-refractivity contribution in [1.29, 1.82) is 0 Å². The van der Waals surface area contributed by atoms with Crippen molar-refractivity contribution < 1.29 is 4.79 Å². The van der Waals surface area contributed by atoms with E-state index >= 15 is 0 Å². The number of hydrogen-bond donors (Lipinski definition) is 2. The molecule has 6 nitrogen and oxygen atoms in total. The number of aromatic nitrogens is 4. The SMILES string of the molecule is CC(C)(C)C(=O)CSc1nc2nc[nH]c2c(=O)[nH]1. The number of fused-ring (bicyclic) bond motifs is 1. The maximum absolute atomic E-state index is 11.8. The highest BCUT2D eigenvalue weighted by Gasteiger charge is 2.21. The number of H-pyrrole nitrogens is 2. The van der Waals surface area contributed by atoms with E-state index in [1.165, 1.54) is 18.1 Å². The lowest BCUT2D eigenvalue weighted by Gasteiger charge is -2.15. The summed E-state index contributed by atoms with van der Waals surface area (Å²) in [6.45, 7) is 5.59. The largest absolute Gasteiger partial charge is 0.339 e. The Morgan fingerprint density at radius 3 is 2.83 bits per heavy atom. The van der Waals surface area contributed by atoms with Gasteiger partial charge in [-0.2, -0.15) is 0 Å². The van der Waals surface area contributed by atoms with Crippen LogP contribution in [0.15, 0.2) is 16.3 Å². The second-order valence-corrected chi connectivity index (χ2v) is 5.90. The van der Waals surface area contributed by atoms with Crippen LogP contribution in [0.4, 0.5) is 0 Å². The van der Waals surface area contributed by atoms with Gasteiger partial charge in [-0.1, -0.05) is 32.5 Å². The van der Waals surface area contributed by atoms with Gasteiger partial charge in [0, 0.05) is 5.41 Å². The van der Waals surface area contributed by atoms with Crippen LogP contribution in [0.2, 0.25) is 0 Å². The molecule has 0 saturated heterocycles. The van der Waals surface area contributed by atoms with Crippen molar-refractivity contribution in [2.75, 3.05) is 5.75 Å². The lowest BCUT2D eigenvalue weighted by atomic mass is 9.92. The fourth-order valence-electron chi connectivity index (χ4n) is 1.24. The average molecular weight is 266 g/mol. The molecule has 2 rings (SSSR count). The molecule has 2 aromatic heterocycles. The van der Waals surface area contributed by atoms with Gasteiger partial charge in [-0.15, -0.1) is 0 Å². The summed E-state index contributed by atoms with van der Waals surface area (Å²) in [6, 6.07) is 0. The molecule has 0 amide bonds. The van der Waals surface area contributed by atoms with Crippen LogP contribution in [-0.2, 0) is 4.79 Å². The van der Waals surface area contributed by atoms with Crippen molar-refractivity contribution >= 4 is 28.7 Å². The van der Waals surface area contributed by atoms with Crippen molar-refractivity contribution in [2.45, 2.75) is 25.9 Å². The first-order valence-electron chi connectivity index (χ1n) is 5.47. The van der Waals surface area contributed by atoms with Crippen LogP contribution in [0.3, 0.4) is 0 Å². The Labute approximate surface area is 108 Å². The molecule has 0 radical (unpaired) electrons. The fourth-order valence-corrected chi connectivity index (χ4v) is 2.26. The first kappa shape index (κ1) is 12.8. The summed E-state index contributed by atoms with van der Waals surface area (Å²) in [4.78, 5) is 36.8. The van der Waals surface area contributed by atoms with Crippen molar-refractivity contribution in [2.24, 2.45) is 5.41 Å². The van der Waals surface area contributed by atoms with Crippen LogP contribution >= 0.6 is 11.8 Å². The Kier molecular flexibility index (Phi) is 3.25. The van der Waals surface area contributed by atoms with E-state index in [1.807, 2.05) is 20.8 Å². The number of nitrogens with one attached hydrogen (secondary N) is 2. The number of imidazole rings is 1. The minimum Gasteiger partial charge on any atom is -0.339 e. The van der Waals surface area contributed by atoms with E-state index in [0.29, 0.717) is 16.3 Å². The van der Waals surface area contributed by atoms with Crippen LogP contribution in [0.1, 0.15) is 20.8 Å². The number of rotatable bonds is 3. The molecule has 0 unspecified atom stereocenters. The van der Waals surface area contributed by atoms with Gasteiger partial charge in [-0.3, -0.25) is 14.6 Å². The molecule has 2 heterocycles. The van der Waals surface area contributed by atoms with Gasteiger partial charge < -0.3 is 4.98 Å². The lowest BCUT2D eigenvalue weighted by Crippen LogP contribution is -2.22. The summed E-state index contributed by atoms with van der Waals surface area (Å²) in [5.41, 5.74) is 0.0539. The average Bonchev–Trinajstić information content (AvgIpc) is 2.73. The predicted octanol–water partition coefficient (Wildman–Crippen LogP) is 1.35. The molecule has 0 aliphatic rings. The third-order valence-corrected chi connectivity index (χ3v) is 3.32. The quantitative estimate of drug-likeness (QED) is 0.646. The Hall–Kier alpha value is -1.63. The molecule has 2 N–H and O–H groups in total. The van der Waals surface area contributed by atoms with E-state index in [1.54, 1.807) is 0 Å². The fraction of sp³-hybridized carbons (Fsp3) is 0.455. The van der Waals surface area contributed by atoms with Crippen LogP contribution in [-0.4, -0.2) is 31.5 Å². The predicted molar refractivity (Wildman–Crippen MR) is 69.7 cm³/mol.